The lowest BCUT2D eigenvalue weighted by molar-refractivity contribution is 0.0946. The van der Waals surface area contributed by atoms with Crippen molar-refractivity contribution in [3.05, 3.63) is 65.2 Å². The van der Waals surface area contributed by atoms with E-state index in [4.69, 9.17) is 0 Å². The maximum atomic E-state index is 13.3. The van der Waals surface area contributed by atoms with Crippen LogP contribution < -0.4 is 5.32 Å². The average molecular weight is 323 g/mol. The molecule has 0 aliphatic heterocycles. The van der Waals surface area contributed by atoms with E-state index >= 15 is 0 Å². The zero-order chi connectivity index (χ0) is 13.7. The SMILES string of the molecule is O=C(NCc1ccc(CBr)cc1)c1ccncc1F. The van der Waals surface area contributed by atoms with E-state index in [0.29, 0.717) is 6.54 Å². The fraction of sp³-hybridized carbons (Fsp3) is 0.143. The highest BCUT2D eigenvalue weighted by Gasteiger charge is 2.10. The summed E-state index contributed by atoms with van der Waals surface area (Å²) >= 11 is 3.37. The molecule has 0 aliphatic rings. The summed E-state index contributed by atoms with van der Waals surface area (Å²) in [5.41, 5.74) is 2.13. The maximum Gasteiger partial charge on any atom is 0.254 e. The number of halogens is 2. The number of pyridine rings is 1. The van der Waals surface area contributed by atoms with Crippen molar-refractivity contribution >= 4 is 21.8 Å². The highest BCUT2D eigenvalue weighted by molar-refractivity contribution is 9.08. The normalized spacial score (nSPS) is 10.2. The van der Waals surface area contributed by atoms with Gasteiger partial charge in [0.05, 0.1) is 11.8 Å². The molecule has 0 atom stereocenters. The molecule has 0 fully saturated rings. The number of benzene rings is 1. The summed E-state index contributed by atoms with van der Waals surface area (Å²) in [5, 5.41) is 3.47. The standard InChI is InChI=1S/C14H12BrFN2O/c15-7-10-1-3-11(4-2-10)8-18-14(19)12-5-6-17-9-13(12)16/h1-6,9H,7-8H2,(H,18,19). The van der Waals surface area contributed by atoms with Crippen molar-refractivity contribution in [1.29, 1.82) is 0 Å². The van der Waals surface area contributed by atoms with E-state index in [1.807, 2.05) is 24.3 Å². The molecule has 0 saturated carbocycles. The molecule has 19 heavy (non-hydrogen) atoms. The summed E-state index contributed by atoms with van der Waals surface area (Å²) in [6, 6.07) is 9.17. The summed E-state index contributed by atoms with van der Waals surface area (Å²) in [5.74, 6) is -1.06. The Hall–Kier alpha value is -1.75. The molecular weight excluding hydrogens is 311 g/mol. The van der Waals surface area contributed by atoms with Crippen LogP contribution in [0.3, 0.4) is 0 Å². The van der Waals surface area contributed by atoms with Crippen molar-refractivity contribution in [1.82, 2.24) is 10.3 Å². The van der Waals surface area contributed by atoms with E-state index < -0.39 is 11.7 Å². The van der Waals surface area contributed by atoms with Gasteiger partial charge in [0, 0.05) is 18.1 Å². The van der Waals surface area contributed by atoms with Crippen molar-refractivity contribution in [2.45, 2.75) is 11.9 Å². The molecule has 0 spiro atoms. The monoisotopic (exact) mass is 322 g/mol. The first-order chi connectivity index (χ1) is 9.20. The number of hydrogen-bond donors (Lipinski definition) is 1. The summed E-state index contributed by atoms with van der Waals surface area (Å²) in [4.78, 5) is 15.4. The van der Waals surface area contributed by atoms with Gasteiger partial charge in [0.25, 0.3) is 5.91 Å². The van der Waals surface area contributed by atoms with Crippen LogP contribution in [-0.4, -0.2) is 10.9 Å². The average Bonchev–Trinajstić information content (AvgIpc) is 2.46. The van der Waals surface area contributed by atoms with Crippen LogP contribution in [-0.2, 0) is 11.9 Å². The Morgan fingerprint density at radius 1 is 1.21 bits per heavy atom. The Balaban J connectivity index is 1.98. The summed E-state index contributed by atoms with van der Waals surface area (Å²) in [6.45, 7) is 0.364. The molecule has 2 rings (SSSR count). The molecule has 2 aromatic rings. The minimum atomic E-state index is -0.616. The largest absolute Gasteiger partial charge is 0.348 e. The molecule has 3 nitrogen and oxygen atoms in total. The van der Waals surface area contributed by atoms with Crippen LogP contribution in [0.2, 0.25) is 0 Å². The minimum Gasteiger partial charge on any atom is -0.348 e. The molecule has 0 unspecified atom stereocenters. The molecule has 1 heterocycles. The minimum absolute atomic E-state index is 0.00655. The van der Waals surface area contributed by atoms with Gasteiger partial charge in [0.2, 0.25) is 0 Å². The van der Waals surface area contributed by atoms with E-state index in [9.17, 15) is 9.18 Å². The third-order valence-corrected chi connectivity index (χ3v) is 3.29. The Labute approximate surface area is 119 Å². The Kier molecular flexibility index (Phi) is 4.63. The second-order valence-corrected chi connectivity index (χ2v) is 4.55. The summed E-state index contributed by atoms with van der Waals surface area (Å²) in [7, 11) is 0. The van der Waals surface area contributed by atoms with Crippen LogP contribution in [0.4, 0.5) is 4.39 Å². The Bertz CT molecular complexity index is 572. The smallest absolute Gasteiger partial charge is 0.254 e. The number of carbonyl (C=O) groups excluding carboxylic acids is 1. The van der Waals surface area contributed by atoms with Crippen molar-refractivity contribution < 1.29 is 9.18 Å². The molecule has 5 heteroatoms. The highest BCUT2D eigenvalue weighted by atomic mass is 79.9. The predicted octanol–water partition coefficient (Wildman–Crippen LogP) is 3.05. The third kappa shape index (κ3) is 3.61. The van der Waals surface area contributed by atoms with Gasteiger partial charge in [-0.1, -0.05) is 40.2 Å². The first-order valence-corrected chi connectivity index (χ1v) is 6.84. The zero-order valence-corrected chi connectivity index (χ0v) is 11.7. The number of nitrogens with zero attached hydrogens (tertiary/aromatic N) is 1. The second-order valence-electron chi connectivity index (χ2n) is 3.99. The van der Waals surface area contributed by atoms with Crippen LogP contribution in [0.15, 0.2) is 42.7 Å². The van der Waals surface area contributed by atoms with Crippen molar-refractivity contribution in [2.75, 3.05) is 0 Å². The van der Waals surface area contributed by atoms with Crippen molar-refractivity contribution in [3.8, 4) is 0 Å². The first-order valence-electron chi connectivity index (χ1n) is 5.72. The first kappa shape index (κ1) is 13.7. The van der Waals surface area contributed by atoms with Crippen LogP contribution in [0.1, 0.15) is 21.5 Å². The zero-order valence-electron chi connectivity index (χ0n) is 10.1. The van der Waals surface area contributed by atoms with E-state index in [0.717, 1.165) is 22.7 Å². The summed E-state index contributed by atoms with van der Waals surface area (Å²) < 4.78 is 13.3. The second kappa shape index (κ2) is 6.43. The molecule has 1 aromatic carbocycles. The van der Waals surface area contributed by atoms with Gasteiger partial charge >= 0.3 is 0 Å². The lowest BCUT2D eigenvalue weighted by Crippen LogP contribution is -2.23. The van der Waals surface area contributed by atoms with E-state index in [-0.39, 0.29) is 5.56 Å². The Morgan fingerprint density at radius 2 is 1.89 bits per heavy atom. The van der Waals surface area contributed by atoms with Gasteiger partial charge in [-0.15, -0.1) is 0 Å². The number of nitrogens with one attached hydrogen (secondary N) is 1. The fourth-order valence-electron chi connectivity index (χ4n) is 1.58. The maximum absolute atomic E-state index is 13.3. The van der Waals surface area contributed by atoms with Gasteiger partial charge in [0.1, 0.15) is 0 Å². The van der Waals surface area contributed by atoms with Crippen molar-refractivity contribution in [2.24, 2.45) is 0 Å². The number of alkyl halides is 1. The van der Waals surface area contributed by atoms with E-state index in [1.54, 1.807) is 0 Å². The Morgan fingerprint density at radius 3 is 2.53 bits per heavy atom. The number of amides is 1. The number of aromatic nitrogens is 1. The van der Waals surface area contributed by atoms with Crippen LogP contribution in [0.25, 0.3) is 0 Å². The summed E-state index contributed by atoms with van der Waals surface area (Å²) in [6.07, 6.45) is 2.42. The molecular formula is C14H12BrFN2O. The number of rotatable bonds is 4. The molecule has 1 amide bonds. The predicted molar refractivity (Wildman–Crippen MR) is 74.4 cm³/mol. The van der Waals surface area contributed by atoms with Crippen LogP contribution in [0, 0.1) is 5.82 Å². The molecule has 0 saturated heterocycles. The molecule has 0 radical (unpaired) electrons. The molecule has 98 valence electrons. The third-order valence-electron chi connectivity index (χ3n) is 2.65. The van der Waals surface area contributed by atoms with E-state index in [2.05, 4.69) is 26.2 Å². The van der Waals surface area contributed by atoms with Gasteiger partial charge < -0.3 is 5.32 Å². The molecule has 0 aliphatic carbocycles. The van der Waals surface area contributed by atoms with Gasteiger partial charge in [-0.2, -0.15) is 0 Å². The van der Waals surface area contributed by atoms with Gasteiger partial charge in [-0.05, 0) is 17.2 Å². The number of hydrogen-bond acceptors (Lipinski definition) is 2. The highest BCUT2D eigenvalue weighted by Crippen LogP contribution is 2.08. The lowest BCUT2D eigenvalue weighted by Gasteiger charge is -2.06. The quantitative estimate of drug-likeness (QED) is 0.879. The van der Waals surface area contributed by atoms with Gasteiger partial charge in [-0.25, -0.2) is 4.39 Å². The topological polar surface area (TPSA) is 42.0 Å². The molecule has 1 aromatic heterocycles. The fourth-order valence-corrected chi connectivity index (χ4v) is 1.96. The van der Waals surface area contributed by atoms with E-state index in [1.165, 1.54) is 12.3 Å². The molecule has 0 bridgehead atoms. The van der Waals surface area contributed by atoms with Crippen LogP contribution in [0.5, 0.6) is 0 Å². The van der Waals surface area contributed by atoms with Gasteiger partial charge in [0.15, 0.2) is 5.82 Å². The van der Waals surface area contributed by atoms with Crippen molar-refractivity contribution in [3.63, 3.8) is 0 Å². The van der Waals surface area contributed by atoms with Gasteiger partial charge in [-0.3, -0.25) is 9.78 Å². The lowest BCUT2D eigenvalue weighted by atomic mass is 10.1. The van der Waals surface area contributed by atoms with Crippen LogP contribution >= 0.6 is 15.9 Å². The number of carbonyl (C=O) groups is 1. The molecule has 1 N–H and O–H groups in total.